The van der Waals surface area contributed by atoms with Gasteiger partial charge in [-0.3, -0.25) is 4.79 Å². The summed E-state index contributed by atoms with van der Waals surface area (Å²) in [6.45, 7) is 1.64. The van der Waals surface area contributed by atoms with Gasteiger partial charge in [0.05, 0.1) is 38.6 Å². The lowest BCUT2D eigenvalue weighted by Crippen LogP contribution is -2.46. The van der Waals surface area contributed by atoms with Crippen LogP contribution >= 0.6 is 0 Å². The van der Waals surface area contributed by atoms with E-state index in [0.29, 0.717) is 34.0 Å². The maximum Gasteiger partial charge on any atom is 0.319 e. The van der Waals surface area contributed by atoms with Gasteiger partial charge in [0.1, 0.15) is 11.5 Å². The van der Waals surface area contributed by atoms with E-state index in [1.165, 1.54) is 27.4 Å². The second-order valence-electron chi connectivity index (χ2n) is 6.52. The zero-order valence-corrected chi connectivity index (χ0v) is 17.0. The molecule has 1 aliphatic rings. The van der Waals surface area contributed by atoms with E-state index >= 15 is 0 Å². The standard InChI is InChI=1S/C21H23N3O6/c1-11-18(20(26)23-14-10-13(28-2)6-8-16(14)29-3)19(24-21(27)22-11)12-5-7-15(25)17(9-12)30-4/h5-10,19,25H,1-4H3,(H,23,26)(H2,22,24,27)/t19-/m0/s1. The number of allylic oxidation sites excluding steroid dienone is 1. The number of phenolic OH excluding ortho intramolecular Hbond substituents is 1. The Balaban J connectivity index is 2.00. The zero-order valence-electron chi connectivity index (χ0n) is 17.0. The van der Waals surface area contributed by atoms with Gasteiger partial charge in [-0.05, 0) is 36.8 Å². The van der Waals surface area contributed by atoms with Crippen LogP contribution in [0.15, 0.2) is 47.7 Å². The number of ether oxygens (including phenoxy) is 3. The Bertz CT molecular complexity index is 1020. The van der Waals surface area contributed by atoms with Crippen molar-refractivity contribution in [1.82, 2.24) is 10.6 Å². The molecule has 1 heterocycles. The number of nitrogens with one attached hydrogen (secondary N) is 3. The van der Waals surface area contributed by atoms with Crippen molar-refractivity contribution in [3.05, 3.63) is 53.2 Å². The second-order valence-corrected chi connectivity index (χ2v) is 6.52. The van der Waals surface area contributed by atoms with E-state index < -0.39 is 18.0 Å². The van der Waals surface area contributed by atoms with Crippen LogP contribution in [-0.2, 0) is 4.79 Å². The number of rotatable bonds is 6. The molecule has 1 atom stereocenters. The molecule has 0 fully saturated rings. The summed E-state index contributed by atoms with van der Waals surface area (Å²) in [4.78, 5) is 25.3. The normalized spacial score (nSPS) is 15.7. The maximum absolute atomic E-state index is 13.2. The summed E-state index contributed by atoms with van der Waals surface area (Å²) in [5, 5.41) is 18.0. The highest BCUT2D eigenvalue weighted by Crippen LogP contribution is 2.35. The lowest BCUT2D eigenvalue weighted by Gasteiger charge is -2.29. The van der Waals surface area contributed by atoms with E-state index in [1.54, 1.807) is 37.3 Å². The molecule has 0 aliphatic carbocycles. The van der Waals surface area contributed by atoms with Gasteiger partial charge in [0.15, 0.2) is 11.5 Å². The number of hydrogen-bond acceptors (Lipinski definition) is 6. The molecule has 158 valence electrons. The molecule has 9 heteroatoms. The zero-order chi connectivity index (χ0) is 21.8. The average molecular weight is 413 g/mol. The number of carbonyl (C=O) groups is 2. The molecular formula is C21H23N3O6. The molecule has 0 spiro atoms. The van der Waals surface area contributed by atoms with Crippen LogP contribution in [0.2, 0.25) is 0 Å². The van der Waals surface area contributed by atoms with Gasteiger partial charge in [0.25, 0.3) is 5.91 Å². The molecule has 4 N–H and O–H groups in total. The topological polar surface area (TPSA) is 118 Å². The number of benzene rings is 2. The van der Waals surface area contributed by atoms with Crippen molar-refractivity contribution in [1.29, 1.82) is 0 Å². The van der Waals surface area contributed by atoms with Crippen molar-refractivity contribution in [2.75, 3.05) is 26.6 Å². The summed E-state index contributed by atoms with van der Waals surface area (Å²) >= 11 is 0. The van der Waals surface area contributed by atoms with Gasteiger partial charge in [-0.15, -0.1) is 0 Å². The third kappa shape index (κ3) is 4.09. The molecule has 30 heavy (non-hydrogen) atoms. The Morgan fingerprint density at radius 3 is 2.43 bits per heavy atom. The number of phenols is 1. The van der Waals surface area contributed by atoms with Gasteiger partial charge in [0, 0.05) is 11.8 Å². The van der Waals surface area contributed by atoms with E-state index in [-0.39, 0.29) is 11.5 Å². The van der Waals surface area contributed by atoms with E-state index in [1.807, 2.05) is 0 Å². The number of anilines is 1. The Morgan fingerprint density at radius 1 is 1.03 bits per heavy atom. The second kappa shape index (κ2) is 8.64. The van der Waals surface area contributed by atoms with Gasteiger partial charge in [-0.2, -0.15) is 0 Å². The van der Waals surface area contributed by atoms with Gasteiger partial charge in [-0.25, -0.2) is 4.79 Å². The van der Waals surface area contributed by atoms with Crippen LogP contribution in [0.5, 0.6) is 23.0 Å². The molecule has 3 rings (SSSR count). The first-order valence-corrected chi connectivity index (χ1v) is 9.06. The molecule has 0 radical (unpaired) electrons. The van der Waals surface area contributed by atoms with Gasteiger partial charge >= 0.3 is 6.03 Å². The molecule has 0 unspecified atom stereocenters. The smallest absolute Gasteiger partial charge is 0.319 e. The highest BCUT2D eigenvalue weighted by molar-refractivity contribution is 6.07. The van der Waals surface area contributed by atoms with Crippen molar-refractivity contribution >= 4 is 17.6 Å². The van der Waals surface area contributed by atoms with Crippen LogP contribution < -0.4 is 30.2 Å². The van der Waals surface area contributed by atoms with E-state index in [4.69, 9.17) is 14.2 Å². The summed E-state index contributed by atoms with van der Waals surface area (Å²) in [5.74, 6) is 0.745. The number of methoxy groups -OCH3 is 3. The summed E-state index contributed by atoms with van der Waals surface area (Å²) < 4.78 is 15.7. The maximum atomic E-state index is 13.2. The van der Waals surface area contributed by atoms with Crippen molar-refractivity contribution in [3.8, 4) is 23.0 Å². The number of hydrogen-bond donors (Lipinski definition) is 4. The predicted octanol–water partition coefficient (Wildman–Crippen LogP) is 2.68. The van der Waals surface area contributed by atoms with Gasteiger partial charge in [-0.1, -0.05) is 6.07 Å². The molecule has 3 amide bonds. The molecule has 0 aromatic heterocycles. The van der Waals surface area contributed by atoms with Gasteiger partial charge < -0.3 is 35.3 Å². The Morgan fingerprint density at radius 2 is 1.77 bits per heavy atom. The number of amides is 3. The molecule has 2 aromatic carbocycles. The summed E-state index contributed by atoms with van der Waals surface area (Å²) in [7, 11) is 4.44. The monoisotopic (exact) mass is 413 g/mol. The minimum absolute atomic E-state index is 0.0469. The Kier molecular flexibility index (Phi) is 6.01. The van der Waals surface area contributed by atoms with E-state index in [9.17, 15) is 14.7 Å². The van der Waals surface area contributed by atoms with Crippen LogP contribution in [0.25, 0.3) is 0 Å². The molecule has 1 aliphatic heterocycles. The first-order chi connectivity index (χ1) is 14.4. The van der Waals surface area contributed by atoms with Crippen molar-refractivity contribution in [2.45, 2.75) is 13.0 Å². The quantitative estimate of drug-likeness (QED) is 0.578. The SMILES string of the molecule is COc1ccc(OC)c(NC(=O)C2=C(C)NC(=O)N[C@H]2c2ccc(O)c(OC)c2)c1. The fraction of sp³-hybridized carbons (Fsp3) is 0.238. The van der Waals surface area contributed by atoms with Crippen LogP contribution in [-0.4, -0.2) is 38.4 Å². The number of carbonyl (C=O) groups excluding carboxylic acids is 2. The van der Waals surface area contributed by atoms with Crippen LogP contribution in [0, 0.1) is 0 Å². The van der Waals surface area contributed by atoms with Crippen molar-refractivity contribution in [3.63, 3.8) is 0 Å². The molecule has 0 saturated carbocycles. The molecular weight excluding hydrogens is 390 g/mol. The largest absolute Gasteiger partial charge is 0.504 e. The average Bonchev–Trinajstić information content (AvgIpc) is 2.73. The molecule has 9 nitrogen and oxygen atoms in total. The van der Waals surface area contributed by atoms with Crippen LogP contribution in [0.3, 0.4) is 0 Å². The number of urea groups is 1. The van der Waals surface area contributed by atoms with Crippen LogP contribution in [0.1, 0.15) is 18.5 Å². The first-order valence-electron chi connectivity index (χ1n) is 9.06. The Hall–Kier alpha value is -3.88. The lowest BCUT2D eigenvalue weighted by molar-refractivity contribution is -0.113. The molecule has 0 bridgehead atoms. The summed E-state index contributed by atoms with van der Waals surface area (Å²) in [6, 6.07) is 8.45. The fourth-order valence-electron chi connectivity index (χ4n) is 3.22. The van der Waals surface area contributed by atoms with Gasteiger partial charge in [0.2, 0.25) is 0 Å². The summed E-state index contributed by atoms with van der Waals surface area (Å²) in [5.41, 5.74) is 1.69. The third-order valence-corrected chi connectivity index (χ3v) is 4.71. The van der Waals surface area contributed by atoms with E-state index in [0.717, 1.165) is 0 Å². The highest BCUT2D eigenvalue weighted by Gasteiger charge is 2.32. The molecule has 0 saturated heterocycles. The highest BCUT2D eigenvalue weighted by atomic mass is 16.5. The lowest BCUT2D eigenvalue weighted by atomic mass is 9.94. The summed E-state index contributed by atoms with van der Waals surface area (Å²) in [6.07, 6.45) is 0. The minimum Gasteiger partial charge on any atom is -0.504 e. The first kappa shape index (κ1) is 20.8. The predicted molar refractivity (Wildman–Crippen MR) is 110 cm³/mol. The number of aromatic hydroxyl groups is 1. The Labute approximate surface area is 173 Å². The van der Waals surface area contributed by atoms with E-state index in [2.05, 4.69) is 16.0 Å². The minimum atomic E-state index is -0.759. The third-order valence-electron chi connectivity index (χ3n) is 4.71. The van der Waals surface area contributed by atoms with Crippen molar-refractivity contribution in [2.24, 2.45) is 0 Å². The van der Waals surface area contributed by atoms with Crippen LogP contribution in [0.4, 0.5) is 10.5 Å². The fourth-order valence-corrected chi connectivity index (χ4v) is 3.22. The van der Waals surface area contributed by atoms with Crippen molar-refractivity contribution < 1.29 is 28.9 Å². The molecule has 2 aromatic rings.